The van der Waals surface area contributed by atoms with Gasteiger partial charge in [-0.05, 0) is 25.1 Å². The first-order valence-corrected chi connectivity index (χ1v) is 6.72. The van der Waals surface area contributed by atoms with Crippen molar-refractivity contribution in [2.24, 2.45) is 0 Å². The summed E-state index contributed by atoms with van der Waals surface area (Å²) in [6.45, 7) is 2.03. The van der Waals surface area contributed by atoms with Crippen LogP contribution in [0, 0.1) is 27.2 Å². The summed E-state index contributed by atoms with van der Waals surface area (Å²) in [6, 6.07) is 10.3. The maximum Gasteiger partial charge on any atom is 0.273 e. The molecule has 0 aliphatic rings. The third-order valence-corrected chi connectivity index (χ3v) is 3.01. The second-order valence-electron chi connectivity index (χ2n) is 4.66. The van der Waals surface area contributed by atoms with E-state index in [1.54, 1.807) is 19.1 Å². The summed E-state index contributed by atoms with van der Waals surface area (Å²) in [5.74, 6) is 0.874. The zero-order chi connectivity index (χ0) is 16.8. The summed E-state index contributed by atoms with van der Waals surface area (Å²) < 4.78 is 10.8. The SMILES string of the molecule is Cc1cc(OCCOc2cccc([N+](=O)[O-])c2)ccc1[N+](=O)[O-]. The predicted molar refractivity (Wildman–Crippen MR) is 81.9 cm³/mol. The Kier molecular flexibility index (Phi) is 5.08. The molecule has 0 heterocycles. The molecule has 0 fully saturated rings. The van der Waals surface area contributed by atoms with Crippen LogP contribution in [0.2, 0.25) is 0 Å². The number of ether oxygens (including phenoxy) is 2. The van der Waals surface area contributed by atoms with E-state index in [9.17, 15) is 20.2 Å². The standard InChI is InChI=1S/C15H14N2O6/c1-11-9-14(5-6-15(11)17(20)21)23-8-7-22-13-4-2-3-12(10-13)16(18)19/h2-6,9-10H,7-8H2,1H3. The quantitative estimate of drug-likeness (QED) is 0.441. The van der Waals surface area contributed by atoms with Crippen LogP contribution in [0.1, 0.15) is 5.56 Å². The van der Waals surface area contributed by atoms with Crippen LogP contribution in [-0.2, 0) is 0 Å². The molecule has 0 atom stereocenters. The number of hydrogen-bond acceptors (Lipinski definition) is 6. The second-order valence-corrected chi connectivity index (χ2v) is 4.66. The fourth-order valence-electron chi connectivity index (χ4n) is 1.93. The Morgan fingerprint density at radius 3 is 2.13 bits per heavy atom. The van der Waals surface area contributed by atoms with Crippen LogP contribution in [0.4, 0.5) is 11.4 Å². The van der Waals surface area contributed by atoms with Crippen LogP contribution in [-0.4, -0.2) is 23.1 Å². The van der Waals surface area contributed by atoms with Gasteiger partial charge >= 0.3 is 0 Å². The van der Waals surface area contributed by atoms with E-state index in [1.807, 2.05) is 0 Å². The number of hydrogen-bond donors (Lipinski definition) is 0. The van der Waals surface area contributed by atoms with Crippen molar-refractivity contribution < 1.29 is 19.3 Å². The molecule has 2 aromatic rings. The van der Waals surface area contributed by atoms with Crippen molar-refractivity contribution in [1.29, 1.82) is 0 Å². The molecular weight excluding hydrogens is 304 g/mol. The molecule has 0 aliphatic carbocycles. The van der Waals surface area contributed by atoms with Crippen molar-refractivity contribution in [3.8, 4) is 11.5 Å². The van der Waals surface area contributed by atoms with E-state index in [0.717, 1.165) is 0 Å². The highest BCUT2D eigenvalue weighted by atomic mass is 16.6. The summed E-state index contributed by atoms with van der Waals surface area (Å²) in [5, 5.41) is 21.4. The molecule has 0 amide bonds. The lowest BCUT2D eigenvalue weighted by Crippen LogP contribution is -2.09. The number of nitrogens with zero attached hydrogens (tertiary/aromatic N) is 2. The van der Waals surface area contributed by atoms with Crippen LogP contribution in [0.5, 0.6) is 11.5 Å². The first-order valence-electron chi connectivity index (χ1n) is 6.72. The summed E-state index contributed by atoms with van der Waals surface area (Å²) in [5.41, 5.74) is 0.492. The second kappa shape index (κ2) is 7.21. The summed E-state index contributed by atoms with van der Waals surface area (Å²) >= 11 is 0. The molecule has 0 aliphatic heterocycles. The molecular formula is C15H14N2O6. The van der Waals surface area contributed by atoms with Gasteiger partial charge in [0.25, 0.3) is 11.4 Å². The molecule has 0 radical (unpaired) electrons. The van der Waals surface area contributed by atoms with Crippen molar-refractivity contribution in [3.63, 3.8) is 0 Å². The summed E-state index contributed by atoms with van der Waals surface area (Å²) in [4.78, 5) is 20.4. The Hall–Kier alpha value is -3.16. The maximum atomic E-state index is 10.7. The molecule has 0 unspecified atom stereocenters. The van der Waals surface area contributed by atoms with Gasteiger partial charge in [-0.25, -0.2) is 0 Å². The minimum atomic E-state index is -0.497. The lowest BCUT2D eigenvalue weighted by atomic mass is 10.2. The van der Waals surface area contributed by atoms with E-state index in [2.05, 4.69) is 0 Å². The molecule has 2 rings (SSSR count). The van der Waals surface area contributed by atoms with Crippen molar-refractivity contribution >= 4 is 11.4 Å². The minimum Gasteiger partial charge on any atom is -0.490 e. The summed E-state index contributed by atoms with van der Waals surface area (Å²) in [7, 11) is 0. The molecule has 8 nitrogen and oxygen atoms in total. The molecule has 0 N–H and O–H groups in total. The average molecular weight is 318 g/mol. The highest BCUT2D eigenvalue weighted by Crippen LogP contribution is 2.23. The Morgan fingerprint density at radius 1 is 0.913 bits per heavy atom. The molecule has 120 valence electrons. The number of nitro groups is 2. The van der Waals surface area contributed by atoms with Crippen molar-refractivity contribution in [2.75, 3.05) is 13.2 Å². The topological polar surface area (TPSA) is 105 Å². The van der Waals surface area contributed by atoms with E-state index >= 15 is 0 Å². The first kappa shape index (κ1) is 16.2. The van der Waals surface area contributed by atoms with Gasteiger partial charge in [0.15, 0.2) is 0 Å². The highest BCUT2D eigenvalue weighted by molar-refractivity contribution is 5.44. The van der Waals surface area contributed by atoms with E-state index in [0.29, 0.717) is 17.1 Å². The highest BCUT2D eigenvalue weighted by Gasteiger charge is 2.10. The van der Waals surface area contributed by atoms with Gasteiger partial charge in [0.1, 0.15) is 24.7 Å². The predicted octanol–water partition coefficient (Wildman–Crippen LogP) is 3.27. The molecule has 2 aromatic carbocycles. The molecule has 0 saturated heterocycles. The Labute approximate surface area is 131 Å². The van der Waals surface area contributed by atoms with E-state index in [-0.39, 0.29) is 24.6 Å². The van der Waals surface area contributed by atoms with E-state index in [1.165, 1.54) is 30.3 Å². The lowest BCUT2D eigenvalue weighted by Gasteiger charge is -2.09. The van der Waals surface area contributed by atoms with Crippen molar-refractivity contribution in [1.82, 2.24) is 0 Å². The van der Waals surface area contributed by atoms with Gasteiger partial charge in [0, 0.05) is 17.7 Å². The molecule has 0 spiro atoms. The summed E-state index contributed by atoms with van der Waals surface area (Å²) in [6.07, 6.45) is 0. The number of nitro benzene ring substituents is 2. The third-order valence-electron chi connectivity index (χ3n) is 3.01. The van der Waals surface area contributed by atoms with E-state index < -0.39 is 9.85 Å². The zero-order valence-electron chi connectivity index (χ0n) is 12.3. The van der Waals surface area contributed by atoms with Crippen LogP contribution < -0.4 is 9.47 Å². The largest absolute Gasteiger partial charge is 0.490 e. The third kappa shape index (κ3) is 4.40. The van der Waals surface area contributed by atoms with Gasteiger partial charge in [-0.1, -0.05) is 6.07 Å². The molecule has 0 aromatic heterocycles. The number of aryl methyl sites for hydroxylation is 1. The van der Waals surface area contributed by atoms with Gasteiger partial charge in [-0.3, -0.25) is 20.2 Å². The van der Waals surface area contributed by atoms with Crippen molar-refractivity contribution in [2.45, 2.75) is 6.92 Å². The van der Waals surface area contributed by atoms with Crippen LogP contribution in [0.15, 0.2) is 42.5 Å². The first-order chi connectivity index (χ1) is 11.0. The van der Waals surface area contributed by atoms with Gasteiger partial charge in [-0.2, -0.15) is 0 Å². The zero-order valence-corrected chi connectivity index (χ0v) is 12.3. The molecule has 8 heteroatoms. The monoisotopic (exact) mass is 318 g/mol. The molecule has 0 bridgehead atoms. The van der Waals surface area contributed by atoms with Gasteiger partial charge in [0.05, 0.1) is 15.9 Å². The maximum absolute atomic E-state index is 10.7. The number of rotatable bonds is 7. The number of benzene rings is 2. The minimum absolute atomic E-state index is 0.0326. The number of non-ortho nitro benzene ring substituents is 1. The van der Waals surface area contributed by atoms with Gasteiger partial charge in [0.2, 0.25) is 0 Å². The fourth-order valence-corrected chi connectivity index (χ4v) is 1.93. The van der Waals surface area contributed by atoms with Crippen LogP contribution in [0.25, 0.3) is 0 Å². The Balaban J connectivity index is 1.86. The smallest absolute Gasteiger partial charge is 0.273 e. The Bertz CT molecular complexity index is 732. The van der Waals surface area contributed by atoms with E-state index in [4.69, 9.17) is 9.47 Å². The average Bonchev–Trinajstić information content (AvgIpc) is 2.51. The molecule has 23 heavy (non-hydrogen) atoms. The van der Waals surface area contributed by atoms with Gasteiger partial charge < -0.3 is 9.47 Å². The molecule has 0 saturated carbocycles. The normalized spacial score (nSPS) is 10.1. The van der Waals surface area contributed by atoms with Crippen LogP contribution in [0.3, 0.4) is 0 Å². The Morgan fingerprint density at radius 2 is 1.57 bits per heavy atom. The van der Waals surface area contributed by atoms with Gasteiger partial charge in [-0.15, -0.1) is 0 Å². The van der Waals surface area contributed by atoms with Crippen molar-refractivity contribution in [3.05, 3.63) is 68.3 Å². The fraction of sp³-hybridized carbons (Fsp3) is 0.200. The lowest BCUT2D eigenvalue weighted by molar-refractivity contribution is -0.385. The van der Waals surface area contributed by atoms with Crippen LogP contribution >= 0.6 is 0 Å².